The lowest BCUT2D eigenvalue weighted by Gasteiger charge is -2.06. The van der Waals surface area contributed by atoms with E-state index in [1.807, 2.05) is 13.0 Å². The molecule has 0 saturated heterocycles. The van der Waals surface area contributed by atoms with Gasteiger partial charge < -0.3 is 10.7 Å². The Kier molecular flexibility index (Phi) is 2.62. The standard InChI is InChI=1S/C11H13N3O2/c1-2-8(12)7-6-13-9-4-3-5-10(11(7)9)14(15)16/h3-6,8,13H,2,12H2,1H3/t8-/m0/s1. The molecule has 0 aliphatic heterocycles. The van der Waals surface area contributed by atoms with Gasteiger partial charge in [-0.3, -0.25) is 10.1 Å². The third-order valence-corrected chi connectivity index (χ3v) is 2.75. The van der Waals surface area contributed by atoms with Gasteiger partial charge in [0.1, 0.15) is 0 Å². The minimum absolute atomic E-state index is 0.109. The second-order valence-corrected chi connectivity index (χ2v) is 3.72. The predicted octanol–water partition coefficient (Wildman–Crippen LogP) is 2.49. The Morgan fingerprint density at radius 1 is 1.56 bits per heavy atom. The minimum atomic E-state index is -0.373. The molecule has 0 fully saturated rings. The number of nitro groups is 1. The van der Waals surface area contributed by atoms with Crippen molar-refractivity contribution < 1.29 is 4.92 Å². The minimum Gasteiger partial charge on any atom is -0.361 e. The summed E-state index contributed by atoms with van der Waals surface area (Å²) in [7, 11) is 0. The first-order valence-corrected chi connectivity index (χ1v) is 5.15. The highest BCUT2D eigenvalue weighted by Crippen LogP contribution is 2.31. The van der Waals surface area contributed by atoms with Gasteiger partial charge in [0, 0.05) is 23.9 Å². The molecule has 1 heterocycles. The maximum absolute atomic E-state index is 10.9. The van der Waals surface area contributed by atoms with Crippen molar-refractivity contribution in [1.82, 2.24) is 4.98 Å². The third kappa shape index (κ3) is 1.55. The van der Waals surface area contributed by atoms with Gasteiger partial charge in [-0.15, -0.1) is 0 Å². The zero-order chi connectivity index (χ0) is 11.7. The van der Waals surface area contributed by atoms with Crippen LogP contribution in [-0.4, -0.2) is 9.91 Å². The van der Waals surface area contributed by atoms with Gasteiger partial charge in [-0.1, -0.05) is 13.0 Å². The highest BCUT2D eigenvalue weighted by atomic mass is 16.6. The van der Waals surface area contributed by atoms with Gasteiger partial charge in [0.25, 0.3) is 5.69 Å². The Morgan fingerprint density at radius 2 is 2.31 bits per heavy atom. The number of nitrogens with zero attached hydrogens (tertiary/aromatic N) is 1. The molecule has 0 amide bonds. The van der Waals surface area contributed by atoms with Crippen molar-refractivity contribution in [2.24, 2.45) is 5.73 Å². The summed E-state index contributed by atoms with van der Waals surface area (Å²) in [6.45, 7) is 1.96. The molecule has 84 valence electrons. The Morgan fingerprint density at radius 3 is 2.94 bits per heavy atom. The van der Waals surface area contributed by atoms with Crippen molar-refractivity contribution in [3.8, 4) is 0 Å². The van der Waals surface area contributed by atoms with E-state index < -0.39 is 0 Å². The van der Waals surface area contributed by atoms with Crippen LogP contribution in [0.25, 0.3) is 10.9 Å². The Balaban J connectivity index is 2.72. The van der Waals surface area contributed by atoms with Gasteiger partial charge in [0.15, 0.2) is 0 Å². The number of hydrogen-bond donors (Lipinski definition) is 2. The number of nitrogens with one attached hydrogen (secondary N) is 1. The summed E-state index contributed by atoms with van der Waals surface area (Å²) in [5.74, 6) is 0. The van der Waals surface area contributed by atoms with E-state index in [4.69, 9.17) is 5.73 Å². The molecule has 5 nitrogen and oxygen atoms in total. The fourth-order valence-corrected chi connectivity index (χ4v) is 1.86. The monoisotopic (exact) mass is 219 g/mol. The molecule has 0 bridgehead atoms. The lowest BCUT2D eigenvalue weighted by molar-refractivity contribution is -0.383. The molecule has 0 aliphatic rings. The first kappa shape index (κ1) is 10.6. The highest BCUT2D eigenvalue weighted by molar-refractivity contribution is 5.92. The van der Waals surface area contributed by atoms with Crippen LogP contribution in [0.5, 0.6) is 0 Å². The maximum atomic E-state index is 10.9. The third-order valence-electron chi connectivity index (χ3n) is 2.75. The fraction of sp³-hybridized carbons (Fsp3) is 0.273. The summed E-state index contributed by atoms with van der Waals surface area (Å²) in [5.41, 5.74) is 7.61. The molecule has 0 aliphatic carbocycles. The van der Waals surface area contributed by atoms with Crippen LogP contribution < -0.4 is 5.73 Å². The molecule has 0 unspecified atom stereocenters. The van der Waals surface area contributed by atoms with Crippen molar-refractivity contribution in [3.63, 3.8) is 0 Å². The van der Waals surface area contributed by atoms with E-state index in [1.54, 1.807) is 12.3 Å². The number of non-ortho nitro benzene ring substituents is 1. The van der Waals surface area contributed by atoms with Crippen LogP contribution >= 0.6 is 0 Å². The van der Waals surface area contributed by atoms with Crippen LogP contribution in [0, 0.1) is 10.1 Å². The second-order valence-electron chi connectivity index (χ2n) is 3.72. The number of aromatic amines is 1. The molecule has 1 aromatic carbocycles. The molecular weight excluding hydrogens is 206 g/mol. The largest absolute Gasteiger partial charge is 0.361 e. The molecule has 5 heteroatoms. The number of aromatic nitrogens is 1. The first-order chi connectivity index (χ1) is 7.65. The zero-order valence-electron chi connectivity index (χ0n) is 8.93. The number of hydrogen-bond acceptors (Lipinski definition) is 3. The molecule has 16 heavy (non-hydrogen) atoms. The van der Waals surface area contributed by atoms with Gasteiger partial charge >= 0.3 is 0 Å². The average molecular weight is 219 g/mol. The van der Waals surface area contributed by atoms with Crippen molar-refractivity contribution in [2.45, 2.75) is 19.4 Å². The molecular formula is C11H13N3O2. The Bertz CT molecular complexity index is 533. The van der Waals surface area contributed by atoms with Crippen molar-refractivity contribution in [3.05, 3.63) is 40.1 Å². The maximum Gasteiger partial charge on any atom is 0.279 e. The molecule has 0 saturated carbocycles. The highest BCUT2D eigenvalue weighted by Gasteiger charge is 2.19. The van der Waals surface area contributed by atoms with E-state index in [1.165, 1.54) is 6.07 Å². The lowest BCUT2D eigenvalue weighted by Crippen LogP contribution is -2.08. The summed E-state index contributed by atoms with van der Waals surface area (Å²) >= 11 is 0. The summed E-state index contributed by atoms with van der Waals surface area (Å²) in [4.78, 5) is 13.6. The van der Waals surface area contributed by atoms with Crippen LogP contribution in [0.15, 0.2) is 24.4 Å². The summed E-state index contributed by atoms with van der Waals surface area (Å²) in [6, 6.07) is 4.81. The van der Waals surface area contributed by atoms with E-state index in [0.717, 1.165) is 17.5 Å². The quantitative estimate of drug-likeness (QED) is 0.614. The Labute approximate surface area is 92.4 Å². The fourth-order valence-electron chi connectivity index (χ4n) is 1.86. The summed E-state index contributed by atoms with van der Waals surface area (Å²) in [6.07, 6.45) is 2.50. The summed E-state index contributed by atoms with van der Waals surface area (Å²) < 4.78 is 0. The van der Waals surface area contributed by atoms with E-state index >= 15 is 0 Å². The molecule has 1 aromatic heterocycles. The van der Waals surface area contributed by atoms with Crippen molar-refractivity contribution in [1.29, 1.82) is 0 Å². The van der Waals surface area contributed by atoms with Crippen LogP contribution in [-0.2, 0) is 0 Å². The average Bonchev–Trinajstić information content (AvgIpc) is 2.71. The second kappa shape index (κ2) is 3.94. The van der Waals surface area contributed by atoms with Gasteiger partial charge in [0.05, 0.1) is 15.8 Å². The molecule has 2 rings (SSSR count). The SMILES string of the molecule is CC[C@H](N)c1c[nH]c2cccc([N+](=O)[O-])c12. The van der Waals surface area contributed by atoms with Crippen molar-refractivity contribution in [2.75, 3.05) is 0 Å². The normalized spacial score (nSPS) is 12.9. The molecule has 0 radical (unpaired) electrons. The van der Waals surface area contributed by atoms with Gasteiger partial charge in [0.2, 0.25) is 0 Å². The Hall–Kier alpha value is -1.88. The smallest absolute Gasteiger partial charge is 0.279 e. The molecule has 2 aromatic rings. The van der Waals surface area contributed by atoms with Crippen LogP contribution in [0.1, 0.15) is 24.9 Å². The first-order valence-electron chi connectivity index (χ1n) is 5.15. The van der Waals surface area contributed by atoms with Crippen LogP contribution in [0.3, 0.4) is 0 Å². The number of fused-ring (bicyclic) bond motifs is 1. The number of H-pyrrole nitrogens is 1. The number of nitrogens with two attached hydrogens (primary N) is 1. The van der Waals surface area contributed by atoms with Crippen LogP contribution in [0.2, 0.25) is 0 Å². The van der Waals surface area contributed by atoms with Gasteiger partial charge in [-0.05, 0) is 12.5 Å². The number of benzene rings is 1. The molecule has 3 N–H and O–H groups in total. The van der Waals surface area contributed by atoms with Gasteiger partial charge in [-0.25, -0.2) is 0 Å². The topological polar surface area (TPSA) is 85.0 Å². The number of rotatable bonds is 3. The van der Waals surface area contributed by atoms with Crippen LogP contribution in [0.4, 0.5) is 5.69 Å². The van der Waals surface area contributed by atoms with E-state index in [0.29, 0.717) is 5.39 Å². The van der Waals surface area contributed by atoms with Crippen molar-refractivity contribution >= 4 is 16.6 Å². The van der Waals surface area contributed by atoms with E-state index in [-0.39, 0.29) is 16.7 Å². The molecule has 1 atom stereocenters. The van der Waals surface area contributed by atoms with E-state index in [9.17, 15) is 10.1 Å². The predicted molar refractivity (Wildman–Crippen MR) is 62.2 cm³/mol. The zero-order valence-corrected chi connectivity index (χ0v) is 8.93. The van der Waals surface area contributed by atoms with E-state index in [2.05, 4.69) is 4.98 Å². The molecule has 0 spiro atoms. The summed E-state index contributed by atoms with van der Waals surface area (Å²) in [5, 5.41) is 11.6. The number of nitro benzene ring substituents is 1. The lowest BCUT2D eigenvalue weighted by atomic mass is 10.0. The van der Waals surface area contributed by atoms with Gasteiger partial charge in [-0.2, -0.15) is 0 Å².